The first-order valence-electron chi connectivity index (χ1n) is 8.96. The fourth-order valence-electron chi connectivity index (χ4n) is 3.48. The van der Waals surface area contributed by atoms with Gasteiger partial charge in [0, 0.05) is 32.4 Å². The van der Waals surface area contributed by atoms with E-state index in [1.807, 2.05) is 23.1 Å². The number of ether oxygens (including phenoxy) is 2. The number of rotatable bonds is 3. The Kier molecular flexibility index (Phi) is 4.60. The van der Waals surface area contributed by atoms with Crippen molar-refractivity contribution in [2.45, 2.75) is 25.3 Å². The van der Waals surface area contributed by atoms with E-state index in [0.717, 1.165) is 42.9 Å². The molecule has 2 aliphatic rings. The molecule has 0 saturated carbocycles. The first-order valence-corrected chi connectivity index (χ1v) is 8.96. The SMILES string of the molecule is CNc1ncc(C(=O)N2CCC[C@@H]2c2ccc3c(c2)OCCCO3)cn1. The Balaban J connectivity index is 1.58. The topological polar surface area (TPSA) is 76.6 Å². The van der Waals surface area contributed by atoms with Gasteiger partial charge in [0.25, 0.3) is 5.91 Å². The van der Waals surface area contributed by atoms with Crippen molar-refractivity contribution in [3.05, 3.63) is 41.7 Å². The molecule has 26 heavy (non-hydrogen) atoms. The van der Waals surface area contributed by atoms with Crippen LogP contribution >= 0.6 is 0 Å². The van der Waals surface area contributed by atoms with Crippen molar-refractivity contribution in [3.63, 3.8) is 0 Å². The molecule has 2 aliphatic heterocycles. The molecule has 0 aliphatic carbocycles. The van der Waals surface area contributed by atoms with Gasteiger partial charge < -0.3 is 19.7 Å². The fraction of sp³-hybridized carbons (Fsp3) is 0.421. The molecule has 0 unspecified atom stereocenters. The number of anilines is 1. The molecule has 4 rings (SSSR count). The number of carbonyl (C=O) groups excluding carboxylic acids is 1. The monoisotopic (exact) mass is 354 g/mol. The molecular weight excluding hydrogens is 332 g/mol. The molecule has 3 heterocycles. The molecule has 7 nitrogen and oxygen atoms in total. The second-order valence-corrected chi connectivity index (χ2v) is 6.46. The molecule has 0 bridgehead atoms. The number of amides is 1. The Morgan fingerprint density at radius 2 is 1.92 bits per heavy atom. The van der Waals surface area contributed by atoms with Crippen LogP contribution in [0.15, 0.2) is 30.6 Å². The van der Waals surface area contributed by atoms with Gasteiger partial charge in [0.05, 0.1) is 24.8 Å². The fourth-order valence-corrected chi connectivity index (χ4v) is 3.48. The van der Waals surface area contributed by atoms with Gasteiger partial charge in [0.1, 0.15) is 0 Å². The Bertz CT molecular complexity index is 794. The molecule has 0 spiro atoms. The van der Waals surface area contributed by atoms with Crippen molar-refractivity contribution < 1.29 is 14.3 Å². The van der Waals surface area contributed by atoms with Gasteiger partial charge in [0.2, 0.25) is 5.95 Å². The summed E-state index contributed by atoms with van der Waals surface area (Å²) in [7, 11) is 1.75. The van der Waals surface area contributed by atoms with Gasteiger partial charge in [-0.05, 0) is 30.5 Å². The van der Waals surface area contributed by atoms with E-state index in [9.17, 15) is 4.79 Å². The largest absolute Gasteiger partial charge is 0.490 e. The lowest BCUT2D eigenvalue weighted by molar-refractivity contribution is 0.0734. The zero-order valence-electron chi connectivity index (χ0n) is 14.8. The maximum Gasteiger partial charge on any atom is 0.257 e. The van der Waals surface area contributed by atoms with Crippen LogP contribution in [-0.4, -0.2) is 47.6 Å². The third-order valence-electron chi connectivity index (χ3n) is 4.79. The minimum atomic E-state index is -0.0396. The van der Waals surface area contributed by atoms with E-state index in [2.05, 4.69) is 15.3 Å². The summed E-state index contributed by atoms with van der Waals surface area (Å²) >= 11 is 0. The summed E-state index contributed by atoms with van der Waals surface area (Å²) in [6.07, 6.45) is 5.93. The standard InChI is InChI=1S/C19H22N4O3/c1-20-19-21-11-14(12-22-19)18(24)23-7-2-4-15(23)13-5-6-16-17(10-13)26-9-3-8-25-16/h5-6,10-12,15H,2-4,7-9H2,1H3,(H,20,21,22)/t15-/m1/s1. The number of hydrogen-bond donors (Lipinski definition) is 1. The summed E-state index contributed by atoms with van der Waals surface area (Å²) in [5.74, 6) is 2.00. The molecule has 1 saturated heterocycles. The number of benzene rings is 1. The molecule has 2 aromatic rings. The van der Waals surface area contributed by atoms with E-state index in [1.165, 1.54) is 0 Å². The Labute approximate surface area is 152 Å². The Morgan fingerprint density at radius 1 is 1.15 bits per heavy atom. The number of carbonyl (C=O) groups is 1. The second kappa shape index (κ2) is 7.19. The molecule has 1 aromatic heterocycles. The summed E-state index contributed by atoms with van der Waals surface area (Å²) in [6.45, 7) is 2.05. The molecule has 1 amide bonds. The summed E-state index contributed by atoms with van der Waals surface area (Å²) in [6, 6.07) is 6.02. The van der Waals surface area contributed by atoms with Gasteiger partial charge in [-0.25, -0.2) is 9.97 Å². The van der Waals surface area contributed by atoms with Crippen LogP contribution in [0.25, 0.3) is 0 Å². The van der Waals surface area contributed by atoms with Crippen LogP contribution in [0.1, 0.15) is 41.2 Å². The Morgan fingerprint density at radius 3 is 2.69 bits per heavy atom. The van der Waals surface area contributed by atoms with Crippen LogP contribution < -0.4 is 14.8 Å². The molecule has 1 N–H and O–H groups in total. The number of hydrogen-bond acceptors (Lipinski definition) is 6. The second-order valence-electron chi connectivity index (χ2n) is 6.46. The average Bonchev–Trinajstić information content (AvgIpc) is 3.06. The number of fused-ring (bicyclic) bond motifs is 1. The third-order valence-corrected chi connectivity index (χ3v) is 4.79. The quantitative estimate of drug-likeness (QED) is 0.913. The minimum Gasteiger partial charge on any atom is -0.490 e. The van der Waals surface area contributed by atoms with Crippen LogP contribution in [0.3, 0.4) is 0 Å². The zero-order valence-corrected chi connectivity index (χ0v) is 14.8. The molecule has 136 valence electrons. The summed E-state index contributed by atoms with van der Waals surface area (Å²) in [4.78, 5) is 23.1. The molecular formula is C19H22N4O3. The molecule has 7 heteroatoms. The van der Waals surface area contributed by atoms with Gasteiger partial charge in [-0.1, -0.05) is 6.07 Å². The van der Waals surface area contributed by atoms with Crippen LogP contribution in [0.2, 0.25) is 0 Å². The predicted octanol–water partition coefficient (Wildman–Crippen LogP) is 2.66. The smallest absolute Gasteiger partial charge is 0.257 e. The van der Waals surface area contributed by atoms with E-state index >= 15 is 0 Å². The molecule has 1 aromatic carbocycles. The lowest BCUT2D eigenvalue weighted by Crippen LogP contribution is -2.30. The van der Waals surface area contributed by atoms with Crippen molar-refractivity contribution >= 4 is 11.9 Å². The number of nitrogens with zero attached hydrogens (tertiary/aromatic N) is 3. The van der Waals surface area contributed by atoms with E-state index in [-0.39, 0.29) is 11.9 Å². The van der Waals surface area contributed by atoms with Crippen LogP contribution in [0.4, 0.5) is 5.95 Å². The maximum absolute atomic E-state index is 12.9. The summed E-state index contributed by atoms with van der Waals surface area (Å²) in [5.41, 5.74) is 1.58. The lowest BCUT2D eigenvalue weighted by Gasteiger charge is -2.25. The van der Waals surface area contributed by atoms with Gasteiger partial charge in [-0.2, -0.15) is 0 Å². The normalized spacial score (nSPS) is 19.1. The van der Waals surface area contributed by atoms with Gasteiger partial charge in [-0.15, -0.1) is 0 Å². The Hall–Kier alpha value is -2.83. The lowest BCUT2D eigenvalue weighted by atomic mass is 10.0. The number of likely N-dealkylation sites (tertiary alicyclic amines) is 1. The van der Waals surface area contributed by atoms with Crippen molar-refractivity contribution in [2.24, 2.45) is 0 Å². The van der Waals surface area contributed by atoms with Crippen molar-refractivity contribution in [1.82, 2.24) is 14.9 Å². The number of aromatic nitrogens is 2. The van der Waals surface area contributed by atoms with Gasteiger partial charge >= 0.3 is 0 Å². The molecule has 1 atom stereocenters. The third kappa shape index (κ3) is 3.16. The number of nitrogens with one attached hydrogen (secondary N) is 1. The minimum absolute atomic E-state index is 0.0311. The van der Waals surface area contributed by atoms with Crippen molar-refractivity contribution in [1.29, 1.82) is 0 Å². The summed E-state index contributed by atoms with van der Waals surface area (Å²) in [5, 5.41) is 2.86. The maximum atomic E-state index is 12.9. The molecule has 0 radical (unpaired) electrons. The van der Waals surface area contributed by atoms with E-state index < -0.39 is 0 Å². The van der Waals surface area contributed by atoms with Crippen molar-refractivity contribution in [2.75, 3.05) is 32.1 Å². The van der Waals surface area contributed by atoms with E-state index in [0.29, 0.717) is 24.7 Å². The van der Waals surface area contributed by atoms with Crippen molar-refractivity contribution in [3.8, 4) is 11.5 Å². The summed E-state index contributed by atoms with van der Waals surface area (Å²) < 4.78 is 11.5. The van der Waals surface area contributed by atoms with Crippen LogP contribution in [0, 0.1) is 0 Å². The van der Waals surface area contributed by atoms with Gasteiger partial charge in [-0.3, -0.25) is 4.79 Å². The first-order chi connectivity index (χ1) is 12.8. The van der Waals surface area contributed by atoms with Crippen LogP contribution in [0.5, 0.6) is 11.5 Å². The molecule has 1 fully saturated rings. The van der Waals surface area contributed by atoms with E-state index in [1.54, 1.807) is 19.4 Å². The average molecular weight is 354 g/mol. The predicted molar refractivity (Wildman–Crippen MR) is 96.6 cm³/mol. The van der Waals surface area contributed by atoms with Crippen LogP contribution in [-0.2, 0) is 0 Å². The first kappa shape index (κ1) is 16.6. The highest BCUT2D eigenvalue weighted by atomic mass is 16.5. The highest BCUT2D eigenvalue weighted by molar-refractivity contribution is 5.94. The zero-order chi connectivity index (χ0) is 17.9. The van der Waals surface area contributed by atoms with E-state index in [4.69, 9.17) is 9.47 Å². The van der Waals surface area contributed by atoms with Gasteiger partial charge in [0.15, 0.2) is 11.5 Å². The highest BCUT2D eigenvalue weighted by Crippen LogP contribution is 2.38. The highest BCUT2D eigenvalue weighted by Gasteiger charge is 2.31.